The molecule has 0 radical (unpaired) electrons. The van der Waals surface area contributed by atoms with Crippen molar-refractivity contribution < 1.29 is 9.84 Å². The van der Waals surface area contributed by atoms with Gasteiger partial charge in [0.2, 0.25) is 0 Å². The first-order valence-electron chi connectivity index (χ1n) is 8.54. The Hall–Kier alpha value is -0.940. The van der Waals surface area contributed by atoms with E-state index in [0.717, 1.165) is 30.9 Å². The summed E-state index contributed by atoms with van der Waals surface area (Å²) in [4.78, 5) is 0. The van der Waals surface area contributed by atoms with Gasteiger partial charge in [0, 0.05) is 25.2 Å². The van der Waals surface area contributed by atoms with Crippen LogP contribution >= 0.6 is 0 Å². The van der Waals surface area contributed by atoms with Gasteiger partial charge in [0.15, 0.2) is 0 Å². The average Bonchev–Trinajstić information content (AvgIpc) is 3.02. The van der Waals surface area contributed by atoms with Crippen LogP contribution in [0.4, 0.5) is 0 Å². The van der Waals surface area contributed by atoms with Gasteiger partial charge >= 0.3 is 0 Å². The predicted molar refractivity (Wildman–Crippen MR) is 87.9 cm³/mol. The van der Waals surface area contributed by atoms with Crippen LogP contribution in [-0.2, 0) is 4.74 Å². The topological polar surface area (TPSA) is 53.5 Å². The van der Waals surface area contributed by atoms with Crippen LogP contribution < -0.4 is 10.6 Å². The Morgan fingerprint density at radius 3 is 3.00 bits per heavy atom. The molecule has 22 heavy (non-hydrogen) atoms. The Kier molecular flexibility index (Phi) is 5.47. The summed E-state index contributed by atoms with van der Waals surface area (Å²) in [6.07, 6.45) is 3.28. The second-order valence-electron chi connectivity index (χ2n) is 6.62. The average molecular weight is 304 g/mol. The zero-order valence-corrected chi connectivity index (χ0v) is 13.4. The van der Waals surface area contributed by atoms with Crippen LogP contribution in [0.1, 0.15) is 36.5 Å². The molecule has 1 aliphatic carbocycles. The number of hydrogen-bond donors (Lipinski definition) is 3. The maximum absolute atomic E-state index is 10.5. The second kappa shape index (κ2) is 7.55. The lowest BCUT2D eigenvalue weighted by Gasteiger charge is -2.33. The molecule has 0 spiro atoms. The standard InChI is InChI=1S/C18H28N2O2/c1-13-5-2-3-6-14(13)18(21)11-20-16-8-4-7-15(16)17-12-22-10-9-19-17/h2-3,5-6,15-21H,4,7-12H2,1H3. The van der Waals surface area contributed by atoms with Gasteiger partial charge in [-0.3, -0.25) is 0 Å². The van der Waals surface area contributed by atoms with Crippen molar-refractivity contribution in [2.24, 2.45) is 5.92 Å². The molecule has 1 aromatic rings. The summed E-state index contributed by atoms with van der Waals surface area (Å²) < 4.78 is 5.61. The molecule has 4 nitrogen and oxygen atoms in total. The molecule has 1 saturated carbocycles. The number of aliphatic hydroxyl groups excluding tert-OH is 1. The lowest BCUT2D eigenvalue weighted by molar-refractivity contribution is 0.0513. The van der Waals surface area contributed by atoms with Crippen molar-refractivity contribution in [1.82, 2.24) is 10.6 Å². The van der Waals surface area contributed by atoms with Gasteiger partial charge in [0.1, 0.15) is 0 Å². The Morgan fingerprint density at radius 2 is 2.23 bits per heavy atom. The summed E-state index contributed by atoms with van der Waals surface area (Å²) in [7, 11) is 0. The summed E-state index contributed by atoms with van der Waals surface area (Å²) in [5, 5.41) is 17.7. The Labute approximate surface area is 133 Å². The van der Waals surface area contributed by atoms with Gasteiger partial charge in [-0.05, 0) is 36.8 Å². The summed E-state index contributed by atoms with van der Waals surface area (Å²) in [5.41, 5.74) is 2.19. The molecule has 2 aliphatic rings. The van der Waals surface area contributed by atoms with Crippen LogP contribution in [0.2, 0.25) is 0 Å². The van der Waals surface area contributed by atoms with Crippen LogP contribution in [0.15, 0.2) is 24.3 Å². The molecular weight excluding hydrogens is 276 g/mol. The molecule has 4 unspecified atom stereocenters. The zero-order chi connectivity index (χ0) is 15.4. The minimum Gasteiger partial charge on any atom is -0.387 e. The van der Waals surface area contributed by atoms with Gasteiger partial charge in [0.25, 0.3) is 0 Å². The maximum Gasteiger partial charge on any atom is 0.0917 e. The molecule has 1 saturated heterocycles. The molecule has 4 heteroatoms. The highest BCUT2D eigenvalue weighted by Gasteiger charge is 2.34. The number of rotatable bonds is 5. The van der Waals surface area contributed by atoms with Crippen LogP contribution in [0.25, 0.3) is 0 Å². The number of aliphatic hydroxyl groups is 1. The van der Waals surface area contributed by atoms with Crippen molar-refractivity contribution >= 4 is 0 Å². The second-order valence-corrected chi connectivity index (χ2v) is 6.62. The Balaban J connectivity index is 1.55. The SMILES string of the molecule is Cc1ccccc1C(O)CNC1CCCC1C1COCCN1. The van der Waals surface area contributed by atoms with Crippen LogP contribution in [0, 0.1) is 12.8 Å². The highest BCUT2D eigenvalue weighted by Crippen LogP contribution is 2.30. The monoisotopic (exact) mass is 304 g/mol. The molecule has 2 fully saturated rings. The van der Waals surface area contributed by atoms with Crippen molar-refractivity contribution in [1.29, 1.82) is 0 Å². The molecule has 122 valence electrons. The number of morpholine rings is 1. The molecular formula is C18H28N2O2. The van der Waals surface area contributed by atoms with Crippen molar-refractivity contribution in [3.8, 4) is 0 Å². The van der Waals surface area contributed by atoms with E-state index in [4.69, 9.17) is 4.74 Å². The van der Waals surface area contributed by atoms with Crippen LogP contribution in [-0.4, -0.2) is 43.5 Å². The van der Waals surface area contributed by atoms with E-state index in [-0.39, 0.29) is 0 Å². The minimum atomic E-state index is -0.432. The van der Waals surface area contributed by atoms with E-state index in [2.05, 4.69) is 23.6 Å². The minimum absolute atomic E-state index is 0.432. The van der Waals surface area contributed by atoms with E-state index >= 15 is 0 Å². The summed E-state index contributed by atoms with van der Waals surface area (Å²) in [6, 6.07) is 9.03. The molecule has 3 N–H and O–H groups in total. The molecule has 3 rings (SSSR count). The molecule has 1 aliphatic heterocycles. The van der Waals surface area contributed by atoms with Gasteiger partial charge < -0.3 is 20.5 Å². The lowest BCUT2D eigenvalue weighted by atomic mass is 9.93. The van der Waals surface area contributed by atoms with Crippen molar-refractivity contribution in [3.05, 3.63) is 35.4 Å². The number of hydrogen-bond acceptors (Lipinski definition) is 4. The summed E-state index contributed by atoms with van der Waals surface area (Å²) >= 11 is 0. The predicted octanol–water partition coefficient (Wildman–Crippen LogP) is 1.78. The summed E-state index contributed by atoms with van der Waals surface area (Å²) in [5.74, 6) is 0.615. The first kappa shape index (κ1) is 15.9. The number of nitrogens with one attached hydrogen (secondary N) is 2. The highest BCUT2D eigenvalue weighted by molar-refractivity contribution is 5.27. The molecule has 0 amide bonds. The third-order valence-corrected chi connectivity index (χ3v) is 5.16. The van der Waals surface area contributed by atoms with E-state index in [1.807, 2.05) is 18.2 Å². The normalized spacial score (nSPS) is 30.4. The van der Waals surface area contributed by atoms with Gasteiger partial charge in [0.05, 0.1) is 19.3 Å². The fourth-order valence-corrected chi connectivity index (χ4v) is 3.92. The van der Waals surface area contributed by atoms with Crippen LogP contribution in [0.3, 0.4) is 0 Å². The maximum atomic E-state index is 10.5. The van der Waals surface area contributed by atoms with Gasteiger partial charge in [-0.15, -0.1) is 0 Å². The fourth-order valence-electron chi connectivity index (χ4n) is 3.92. The number of ether oxygens (including phenoxy) is 1. The number of benzene rings is 1. The fraction of sp³-hybridized carbons (Fsp3) is 0.667. The van der Waals surface area contributed by atoms with Gasteiger partial charge in [-0.25, -0.2) is 0 Å². The van der Waals surface area contributed by atoms with Gasteiger partial charge in [-0.2, -0.15) is 0 Å². The lowest BCUT2D eigenvalue weighted by Crippen LogP contribution is -2.51. The van der Waals surface area contributed by atoms with E-state index in [0.29, 0.717) is 24.5 Å². The number of aryl methyl sites for hydroxylation is 1. The zero-order valence-electron chi connectivity index (χ0n) is 13.4. The smallest absolute Gasteiger partial charge is 0.0917 e. The van der Waals surface area contributed by atoms with Gasteiger partial charge in [-0.1, -0.05) is 30.7 Å². The first-order chi connectivity index (χ1) is 10.8. The largest absolute Gasteiger partial charge is 0.387 e. The third kappa shape index (κ3) is 3.69. The van der Waals surface area contributed by atoms with Crippen molar-refractivity contribution in [2.45, 2.75) is 44.4 Å². The van der Waals surface area contributed by atoms with E-state index < -0.39 is 6.10 Å². The molecule has 4 atom stereocenters. The quantitative estimate of drug-likeness (QED) is 0.776. The molecule has 0 aromatic heterocycles. The van der Waals surface area contributed by atoms with Crippen molar-refractivity contribution in [3.63, 3.8) is 0 Å². The molecule has 1 aromatic carbocycles. The summed E-state index contributed by atoms with van der Waals surface area (Å²) in [6.45, 7) is 5.29. The Morgan fingerprint density at radius 1 is 1.36 bits per heavy atom. The Bertz CT molecular complexity index is 474. The highest BCUT2D eigenvalue weighted by atomic mass is 16.5. The molecule has 0 bridgehead atoms. The van der Waals surface area contributed by atoms with Crippen molar-refractivity contribution in [2.75, 3.05) is 26.3 Å². The van der Waals surface area contributed by atoms with E-state index in [9.17, 15) is 5.11 Å². The van der Waals surface area contributed by atoms with Crippen LogP contribution in [0.5, 0.6) is 0 Å². The van der Waals surface area contributed by atoms with E-state index in [1.54, 1.807) is 0 Å². The molecule has 1 heterocycles. The van der Waals surface area contributed by atoms with E-state index in [1.165, 1.54) is 19.3 Å². The third-order valence-electron chi connectivity index (χ3n) is 5.16. The first-order valence-corrected chi connectivity index (χ1v) is 8.54.